The Bertz CT molecular complexity index is 955. The van der Waals surface area contributed by atoms with E-state index in [0.717, 1.165) is 15.4 Å². The highest BCUT2D eigenvalue weighted by atomic mass is 32.2. The quantitative estimate of drug-likeness (QED) is 0.447. The maximum Gasteiger partial charge on any atom is 0.269 e. The van der Waals surface area contributed by atoms with Crippen LogP contribution in [0, 0.1) is 17.0 Å². The van der Waals surface area contributed by atoms with Crippen LogP contribution in [0.25, 0.3) is 0 Å². The standard InChI is InChI=1S/C21H18N2O4S/c1-15-2-8-18(9-3-15)27-14-21(24)22-16-4-10-19(11-5-16)28-20-12-6-17(7-13-20)23(25)26/h2-13H,14H2,1H3,(H,22,24). The van der Waals surface area contributed by atoms with Crippen molar-refractivity contribution in [2.24, 2.45) is 0 Å². The zero-order chi connectivity index (χ0) is 19.9. The maximum absolute atomic E-state index is 12.0. The molecule has 0 unspecified atom stereocenters. The van der Waals surface area contributed by atoms with Crippen molar-refractivity contribution < 1.29 is 14.5 Å². The number of rotatable bonds is 7. The molecule has 1 amide bonds. The fourth-order valence-electron chi connectivity index (χ4n) is 2.36. The molecule has 0 aliphatic carbocycles. The summed E-state index contributed by atoms with van der Waals surface area (Å²) < 4.78 is 5.46. The van der Waals surface area contributed by atoms with Crippen molar-refractivity contribution in [3.63, 3.8) is 0 Å². The molecule has 0 atom stereocenters. The van der Waals surface area contributed by atoms with Gasteiger partial charge < -0.3 is 10.1 Å². The lowest BCUT2D eigenvalue weighted by Crippen LogP contribution is -2.20. The van der Waals surface area contributed by atoms with Crippen LogP contribution < -0.4 is 10.1 Å². The van der Waals surface area contributed by atoms with E-state index in [1.165, 1.54) is 23.9 Å². The van der Waals surface area contributed by atoms with E-state index in [1.54, 1.807) is 24.3 Å². The van der Waals surface area contributed by atoms with E-state index >= 15 is 0 Å². The highest BCUT2D eigenvalue weighted by molar-refractivity contribution is 7.99. The van der Waals surface area contributed by atoms with E-state index < -0.39 is 4.92 Å². The summed E-state index contributed by atoms with van der Waals surface area (Å²) in [6.07, 6.45) is 0. The molecule has 0 bridgehead atoms. The third-order valence-corrected chi connectivity index (χ3v) is 4.83. The van der Waals surface area contributed by atoms with Gasteiger partial charge in [-0.25, -0.2) is 0 Å². The molecule has 6 nitrogen and oxygen atoms in total. The largest absolute Gasteiger partial charge is 0.484 e. The van der Waals surface area contributed by atoms with Gasteiger partial charge in [-0.05, 0) is 55.5 Å². The number of non-ortho nitro benzene ring substituents is 1. The summed E-state index contributed by atoms with van der Waals surface area (Å²) in [5, 5.41) is 13.5. The van der Waals surface area contributed by atoms with Gasteiger partial charge in [-0.2, -0.15) is 0 Å². The summed E-state index contributed by atoms with van der Waals surface area (Å²) in [4.78, 5) is 24.1. The molecule has 0 saturated carbocycles. The molecule has 0 fully saturated rings. The molecule has 0 heterocycles. The van der Waals surface area contributed by atoms with Gasteiger partial charge in [0.25, 0.3) is 11.6 Å². The zero-order valence-corrected chi connectivity index (χ0v) is 15.9. The average Bonchev–Trinajstić information content (AvgIpc) is 2.69. The van der Waals surface area contributed by atoms with Crippen molar-refractivity contribution in [2.45, 2.75) is 16.7 Å². The molecule has 0 aliphatic rings. The minimum absolute atomic E-state index is 0.0651. The van der Waals surface area contributed by atoms with E-state index in [-0.39, 0.29) is 18.2 Å². The molecule has 0 radical (unpaired) electrons. The van der Waals surface area contributed by atoms with Crippen molar-refractivity contribution >= 4 is 29.0 Å². The van der Waals surface area contributed by atoms with Crippen LogP contribution in [0.3, 0.4) is 0 Å². The molecule has 7 heteroatoms. The number of anilines is 1. The molecule has 1 N–H and O–H groups in total. The molecule has 3 aromatic carbocycles. The van der Waals surface area contributed by atoms with Crippen molar-refractivity contribution in [3.05, 3.63) is 88.5 Å². The molecule has 0 saturated heterocycles. The topological polar surface area (TPSA) is 81.5 Å². The monoisotopic (exact) mass is 394 g/mol. The van der Waals surface area contributed by atoms with Gasteiger partial charge in [-0.1, -0.05) is 29.5 Å². The van der Waals surface area contributed by atoms with E-state index in [4.69, 9.17) is 4.74 Å². The summed E-state index contributed by atoms with van der Waals surface area (Å²) in [7, 11) is 0. The molecule has 3 rings (SSSR count). The number of amides is 1. The van der Waals surface area contributed by atoms with Crippen LogP contribution in [0.5, 0.6) is 5.75 Å². The summed E-state index contributed by atoms with van der Waals surface area (Å²) in [6, 6.07) is 21.2. The number of carbonyl (C=O) groups is 1. The number of carbonyl (C=O) groups excluding carboxylic acids is 1. The fourth-order valence-corrected chi connectivity index (χ4v) is 3.18. The van der Waals surface area contributed by atoms with Crippen LogP contribution in [-0.4, -0.2) is 17.4 Å². The Morgan fingerprint density at radius 2 is 1.54 bits per heavy atom. The Labute approximate surface area is 166 Å². The number of hydrogen-bond donors (Lipinski definition) is 1. The third-order valence-electron chi connectivity index (χ3n) is 3.81. The predicted molar refractivity (Wildman–Crippen MR) is 109 cm³/mol. The van der Waals surface area contributed by atoms with E-state index in [9.17, 15) is 14.9 Å². The Balaban J connectivity index is 1.51. The lowest BCUT2D eigenvalue weighted by Gasteiger charge is -2.08. The SMILES string of the molecule is Cc1ccc(OCC(=O)Nc2ccc(Sc3ccc([N+](=O)[O-])cc3)cc2)cc1. The normalized spacial score (nSPS) is 10.3. The minimum atomic E-state index is -0.422. The van der Waals surface area contributed by atoms with E-state index in [1.807, 2.05) is 43.3 Å². The number of benzene rings is 3. The van der Waals surface area contributed by atoms with E-state index in [0.29, 0.717) is 11.4 Å². The lowest BCUT2D eigenvalue weighted by molar-refractivity contribution is -0.384. The number of ether oxygens (including phenoxy) is 1. The van der Waals surface area contributed by atoms with Crippen molar-refractivity contribution in [1.82, 2.24) is 0 Å². The van der Waals surface area contributed by atoms with Gasteiger partial charge in [0.1, 0.15) is 5.75 Å². The highest BCUT2D eigenvalue weighted by Crippen LogP contribution is 2.29. The first-order valence-corrected chi connectivity index (χ1v) is 9.33. The molecule has 0 aliphatic heterocycles. The second-order valence-corrected chi connectivity index (χ2v) is 7.17. The molecule has 142 valence electrons. The Hall–Kier alpha value is -3.32. The predicted octanol–water partition coefficient (Wildman–Crippen LogP) is 5.07. The second-order valence-electron chi connectivity index (χ2n) is 6.03. The van der Waals surface area contributed by atoms with E-state index in [2.05, 4.69) is 5.32 Å². The Morgan fingerprint density at radius 3 is 2.11 bits per heavy atom. The smallest absolute Gasteiger partial charge is 0.269 e. The molecule has 0 aromatic heterocycles. The number of nitro groups is 1. The molecule has 0 spiro atoms. The van der Waals surface area contributed by atoms with Gasteiger partial charge in [0.05, 0.1) is 4.92 Å². The lowest BCUT2D eigenvalue weighted by atomic mass is 10.2. The van der Waals surface area contributed by atoms with Gasteiger partial charge in [0.15, 0.2) is 6.61 Å². The molecule has 3 aromatic rings. The van der Waals surface area contributed by atoms with Crippen molar-refractivity contribution in [1.29, 1.82) is 0 Å². The zero-order valence-electron chi connectivity index (χ0n) is 15.1. The summed E-state index contributed by atoms with van der Waals surface area (Å²) in [6.45, 7) is 1.92. The Kier molecular flexibility index (Phi) is 6.29. The van der Waals surface area contributed by atoms with Gasteiger partial charge >= 0.3 is 0 Å². The van der Waals surface area contributed by atoms with Gasteiger partial charge in [-0.3, -0.25) is 14.9 Å². The van der Waals surface area contributed by atoms with Crippen LogP contribution >= 0.6 is 11.8 Å². The van der Waals surface area contributed by atoms with Gasteiger partial charge in [0, 0.05) is 27.6 Å². The van der Waals surface area contributed by atoms with Crippen LogP contribution in [-0.2, 0) is 4.79 Å². The van der Waals surface area contributed by atoms with Crippen LogP contribution in [0.1, 0.15) is 5.56 Å². The number of nitrogens with zero attached hydrogens (tertiary/aromatic N) is 1. The first kappa shape index (κ1) is 19.4. The number of nitro benzene ring substituents is 1. The molecular formula is C21H18N2O4S. The summed E-state index contributed by atoms with van der Waals surface area (Å²) in [5.41, 5.74) is 1.87. The van der Waals surface area contributed by atoms with Crippen LogP contribution in [0.15, 0.2) is 82.6 Å². The number of nitrogens with one attached hydrogen (secondary N) is 1. The van der Waals surface area contributed by atoms with Gasteiger partial charge in [0.2, 0.25) is 0 Å². The van der Waals surface area contributed by atoms with Crippen LogP contribution in [0.2, 0.25) is 0 Å². The Morgan fingerprint density at radius 1 is 0.964 bits per heavy atom. The first-order valence-electron chi connectivity index (χ1n) is 8.51. The average molecular weight is 394 g/mol. The minimum Gasteiger partial charge on any atom is -0.484 e. The summed E-state index contributed by atoms with van der Waals surface area (Å²) >= 11 is 1.48. The summed E-state index contributed by atoms with van der Waals surface area (Å²) in [5.74, 6) is 0.409. The fraction of sp³-hybridized carbons (Fsp3) is 0.0952. The molecular weight excluding hydrogens is 376 g/mol. The number of aryl methyl sites for hydroxylation is 1. The second kappa shape index (κ2) is 9.05. The van der Waals surface area contributed by atoms with Crippen molar-refractivity contribution in [3.8, 4) is 5.75 Å². The maximum atomic E-state index is 12.0. The first-order chi connectivity index (χ1) is 13.5. The van der Waals surface area contributed by atoms with Crippen molar-refractivity contribution in [2.75, 3.05) is 11.9 Å². The van der Waals surface area contributed by atoms with Crippen LogP contribution in [0.4, 0.5) is 11.4 Å². The third kappa shape index (κ3) is 5.59. The molecule has 28 heavy (non-hydrogen) atoms. The number of hydrogen-bond acceptors (Lipinski definition) is 5. The van der Waals surface area contributed by atoms with Gasteiger partial charge in [-0.15, -0.1) is 0 Å². The highest BCUT2D eigenvalue weighted by Gasteiger charge is 2.06.